The Hall–Kier alpha value is -1.40. The number of nitrogens with zero attached hydrogens (tertiary/aromatic N) is 1. The van der Waals surface area contributed by atoms with E-state index in [1.807, 2.05) is 11.9 Å². The molecular weight excluding hydrogens is 312 g/mol. The highest BCUT2D eigenvalue weighted by Crippen LogP contribution is 2.38. The van der Waals surface area contributed by atoms with Crippen molar-refractivity contribution in [3.05, 3.63) is 16.0 Å². The number of nitrogens with one attached hydrogen (secondary N) is 1. The number of thiophene rings is 1. The zero-order valence-electron chi connectivity index (χ0n) is 14.2. The summed E-state index contributed by atoms with van der Waals surface area (Å²) in [4.78, 5) is 27.6. The fourth-order valence-electron chi connectivity index (χ4n) is 2.89. The summed E-state index contributed by atoms with van der Waals surface area (Å²) in [5.41, 5.74) is 1.64. The van der Waals surface area contributed by atoms with Gasteiger partial charge in [-0.05, 0) is 51.3 Å². The van der Waals surface area contributed by atoms with Crippen LogP contribution < -0.4 is 5.32 Å². The number of anilines is 1. The molecule has 0 spiro atoms. The van der Waals surface area contributed by atoms with Gasteiger partial charge in [-0.3, -0.25) is 9.69 Å². The summed E-state index contributed by atoms with van der Waals surface area (Å²) in [6.45, 7) is 3.37. The predicted molar refractivity (Wildman–Crippen MR) is 93.3 cm³/mol. The van der Waals surface area contributed by atoms with E-state index in [0.717, 1.165) is 50.6 Å². The summed E-state index contributed by atoms with van der Waals surface area (Å²) >= 11 is 1.53. The minimum atomic E-state index is -0.348. The average Bonchev–Trinajstić information content (AvgIpc) is 2.89. The lowest BCUT2D eigenvalue weighted by Gasteiger charge is -2.15. The third kappa shape index (κ3) is 4.54. The van der Waals surface area contributed by atoms with Crippen LogP contribution in [0.5, 0.6) is 0 Å². The number of unbranched alkanes of at least 4 members (excludes halogenated alkanes) is 1. The molecule has 1 aliphatic carbocycles. The molecule has 0 radical (unpaired) electrons. The van der Waals surface area contributed by atoms with Crippen LogP contribution in [0.25, 0.3) is 0 Å². The van der Waals surface area contributed by atoms with Crippen LogP contribution in [0.3, 0.4) is 0 Å². The van der Waals surface area contributed by atoms with E-state index in [0.29, 0.717) is 17.1 Å². The molecule has 0 bridgehead atoms. The van der Waals surface area contributed by atoms with Gasteiger partial charge in [0.15, 0.2) is 0 Å². The molecule has 1 amide bonds. The van der Waals surface area contributed by atoms with Crippen LogP contribution in [0.2, 0.25) is 0 Å². The van der Waals surface area contributed by atoms with Gasteiger partial charge in [0.1, 0.15) is 5.00 Å². The molecule has 1 heterocycles. The normalized spacial score (nSPS) is 13.7. The molecular formula is C17H26N2O3S. The molecule has 1 aromatic heterocycles. The van der Waals surface area contributed by atoms with Gasteiger partial charge in [0.2, 0.25) is 5.91 Å². The van der Waals surface area contributed by atoms with Gasteiger partial charge < -0.3 is 10.1 Å². The first-order valence-electron chi connectivity index (χ1n) is 8.28. The number of methoxy groups -OCH3 is 1. The maximum absolute atomic E-state index is 12.3. The van der Waals surface area contributed by atoms with Gasteiger partial charge >= 0.3 is 5.97 Å². The second-order valence-corrected chi connectivity index (χ2v) is 7.15. The zero-order chi connectivity index (χ0) is 16.8. The van der Waals surface area contributed by atoms with E-state index in [-0.39, 0.29) is 11.9 Å². The topological polar surface area (TPSA) is 58.6 Å². The van der Waals surface area contributed by atoms with E-state index in [1.165, 1.54) is 23.3 Å². The van der Waals surface area contributed by atoms with E-state index < -0.39 is 0 Å². The summed E-state index contributed by atoms with van der Waals surface area (Å²) in [5, 5.41) is 3.58. The SMILES string of the molecule is CCCCN(C)CC(=O)Nc1sc2c(c1C(=O)OC)CCCC2. The van der Waals surface area contributed by atoms with Gasteiger partial charge in [-0.1, -0.05) is 13.3 Å². The van der Waals surface area contributed by atoms with E-state index in [1.54, 1.807) is 0 Å². The van der Waals surface area contributed by atoms with Crippen molar-refractivity contribution in [2.75, 3.05) is 32.6 Å². The Kier molecular flexibility index (Phi) is 6.59. The maximum Gasteiger partial charge on any atom is 0.341 e. The Labute approximate surface area is 142 Å². The lowest BCUT2D eigenvalue weighted by Crippen LogP contribution is -2.31. The van der Waals surface area contributed by atoms with Gasteiger partial charge in [0, 0.05) is 4.88 Å². The van der Waals surface area contributed by atoms with Gasteiger partial charge in [-0.25, -0.2) is 4.79 Å². The summed E-state index contributed by atoms with van der Waals surface area (Å²) < 4.78 is 4.92. The molecule has 0 atom stereocenters. The third-order valence-corrected chi connectivity index (χ3v) is 5.33. The van der Waals surface area contributed by atoms with Crippen molar-refractivity contribution in [1.29, 1.82) is 0 Å². The molecule has 0 aromatic carbocycles. The van der Waals surface area contributed by atoms with E-state index >= 15 is 0 Å². The van der Waals surface area contributed by atoms with Crippen molar-refractivity contribution >= 4 is 28.2 Å². The first-order valence-corrected chi connectivity index (χ1v) is 9.09. The largest absolute Gasteiger partial charge is 0.465 e. The summed E-state index contributed by atoms with van der Waals surface area (Å²) in [5.74, 6) is -0.425. The molecule has 1 aromatic rings. The van der Waals surface area contributed by atoms with Gasteiger partial charge in [0.05, 0.1) is 19.2 Å². The van der Waals surface area contributed by atoms with Crippen LogP contribution in [0.4, 0.5) is 5.00 Å². The quantitative estimate of drug-likeness (QED) is 0.776. The lowest BCUT2D eigenvalue weighted by atomic mass is 9.95. The van der Waals surface area contributed by atoms with Crippen LogP contribution in [0, 0.1) is 0 Å². The molecule has 2 rings (SSSR count). The van der Waals surface area contributed by atoms with Crippen molar-refractivity contribution in [3.63, 3.8) is 0 Å². The summed E-state index contributed by atoms with van der Waals surface area (Å²) in [6, 6.07) is 0. The number of aryl methyl sites for hydroxylation is 1. The molecule has 0 fully saturated rings. The standard InChI is InChI=1S/C17H26N2O3S/c1-4-5-10-19(2)11-14(20)18-16-15(17(21)22-3)12-8-6-7-9-13(12)23-16/h4-11H2,1-3H3,(H,18,20). The molecule has 1 N–H and O–H groups in total. The number of fused-ring (bicyclic) bond motifs is 1. The number of hydrogen-bond acceptors (Lipinski definition) is 5. The maximum atomic E-state index is 12.3. The minimum absolute atomic E-state index is 0.0765. The van der Waals surface area contributed by atoms with E-state index in [4.69, 9.17) is 4.74 Å². The highest BCUT2D eigenvalue weighted by atomic mass is 32.1. The predicted octanol–water partition coefficient (Wildman–Crippen LogP) is 3.08. The number of amides is 1. The van der Waals surface area contributed by atoms with Crippen LogP contribution in [-0.4, -0.2) is 44.0 Å². The first kappa shape index (κ1) is 17.9. The number of ether oxygens (including phenoxy) is 1. The highest BCUT2D eigenvalue weighted by Gasteiger charge is 2.26. The van der Waals surface area contributed by atoms with Gasteiger partial charge in [-0.15, -0.1) is 11.3 Å². The smallest absolute Gasteiger partial charge is 0.341 e. The fourth-order valence-corrected chi connectivity index (χ4v) is 4.18. The Morgan fingerprint density at radius 1 is 1.30 bits per heavy atom. The van der Waals surface area contributed by atoms with Gasteiger partial charge in [0.25, 0.3) is 0 Å². The Morgan fingerprint density at radius 3 is 2.74 bits per heavy atom. The van der Waals surface area contributed by atoms with Crippen molar-refractivity contribution in [2.45, 2.75) is 45.4 Å². The second kappa shape index (κ2) is 8.45. The number of esters is 1. The van der Waals surface area contributed by atoms with Crippen molar-refractivity contribution < 1.29 is 14.3 Å². The summed E-state index contributed by atoms with van der Waals surface area (Å²) in [7, 11) is 3.33. The Morgan fingerprint density at radius 2 is 2.04 bits per heavy atom. The van der Waals surface area contributed by atoms with Crippen LogP contribution in [-0.2, 0) is 22.4 Å². The Balaban J connectivity index is 2.11. The zero-order valence-corrected chi connectivity index (χ0v) is 15.1. The number of carbonyl (C=O) groups excluding carboxylic acids is 2. The Bertz CT molecular complexity index is 568. The van der Waals surface area contributed by atoms with E-state index in [2.05, 4.69) is 12.2 Å². The number of carbonyl (C=O) groups is 2. The van der Waals surface area contributed by atoms with Crippen molar-refractivity contribution in [3.8, 4) is 0 Å². The molecule has 0 unspecified atom stereocenters. The van der Waals surface area contributed by atoms with Crippen molar-refractivity contribution in [2.24, 2.45) is 0 Å². The van der Waals surface area contributed by atoms with Crippen LogP contribution in [0.15, 0.2) is 0 Å². The number of likely N-dealkylation sites (N-methyl/N-ethyl adjacent to an activating group) is 1. The third-order valence-electron chi connectivity index (χ3n) is 4.12. The molecule has 6 heteroatoms. The second-order valence-electron chi connectivity index (χ2n) is 6.05. The van der Waals surface area contributed by atoms with E-state index in [9.17, 15) is 9.59 Å². The van der Waals surface area contributed by atoms with Gasteiger partial charge in [-0.2, -0.15) is 0 Å². The molecule has 0 saturated heterocycles. The highest BCUT2D eigenvalue weighted by molar-refractivity contribution is 7.17. The first-order chi connectivity index (χ1) is 11.1. The number of hydrogen-bond donors (Lipinski definition) is 1. The lowest BCUT2D eigenvalue weighted by molar-refractivity contribution is -0.117. The molecule has 23 heavy (non-hydrogen) atoms. The minimum Gasteiger partial charge on any atom is -0.465 e. The molecule has 0 saturated carbocycles. The average molecular weight is 338 g/mol. The van der Waals surface area contributed by atoms with Crippen LogP contribution in [0.1, 0.15) is 53.4 Å². The molecule has 1 aliphatic rings. The van der Waals surface area contributed by atoms with Crippen LogP contribution >= 0.6 is 11.3 Å². The monoisotopic (exact) mass is 338 g/mol. The summed E-state index contributed by atoms with van der Waals surface area (Å²) in [6.07, 6.45) is 6.28. The fraction of sp³-hybridized carbons (Fsp3) is 0.647. The number of rotatable bonds is 7. The molecule has 5 nitrogen and oxygen atoms in total. The van der Waals surface area contributed by atoms with Crippen molar-refractivity contribution in [1.82, 2.24) is 4.90 Å². The molecule has 128 valence electrons. The molecule has 0 aliphatic heterocycles.